The number of sulfonamides is 1. The van der Waals surface area contributed by atoms with Crippen molar-refractivity contribution in [2.24, 2.45) is 0 Å². The summed E-state index contributed by atoms with van der Waals surface area (Å²) in [6, 6.07) is 17.7. The Morgan fingerprint density at radius 1 is 1.00 bits per heavy atom. The van der Waals surface area contributed by atoms with Gasteiger partial charge in [0.15, 0.2) is 23.1 Å². The molecule has 0 bridgehead atoms. The summed E-state index contributed by atoms with van der Waals surface area (Å²) in [4.78, 5) is 1.99. The molecule has 9 heteroatoms. The van der Waals surface area contributed by atoms with Gasteiger partial charge in [0.2, 0.25) is 6.79 Å². The third-order valence-electron chi connectivity index (χ3n) is 4.20. The molecule has 0 atom stereocenters. The Kier molecular flexibility index (Phi) is 4.74. The summed E-state index contributed by atoms with van der Waals surface area (Å²) in [6.45, 7) is 0.744. The fourth-order valence-corrected chi connectivity index (χ4v) is 3.77. The topological polar surface area (TPSA) is 93.7 Å². The number of fused-ring (bicyclic) bond motifs is 1. The lowest BCUT2D eigenvalue weighted by molar-refractivity contribution is 0.174. The molecule has 0 saturated heterocycles. The molecule has 2 heterocycles. The second kappa shape index (κ2) is 7.35. The maximum Gasteiger partial charge on any atom is 0.263 e. The molecule has 1 aliphatic heterocycles. The van der Waals surface area contributed by atoms with Gasteiger partial charge in [-0.2, -0.15) is 0 Å². The van der Waals surface area contributed by atoms with E-state index in [0.717, 1.165) is 5.56 Å². The lowest BCUT2D eigenvalue weighted by Gasteiger charge is -2.17. The van der Waals surface area contributed by atoms with Gasteiger partial charge in [0.05, 0.1) is 4.90 Å². The van der Waals surface area contributed by atoms with E-state index < -0.39 is 10.0 Å². The van der Waals surface area contributed by atoms with E-state index in [1.165, 1.54) is 12.1 Å². The highest BCUT2D eigenvalue weighted by atomic mass is 32.2. The molecule has 0 radical (unpaired) electrons. The van der Waals surface area contributed by atoms with Gasteiger partial charge in [0, 0.05) is 19.7 Å². The highest BCUT2D eigenvalue weighted by Crippen LogP contribution is 2.34. The molecule has 0 aliphatic carbocycles. The van der Waals surface area contributed by atoms with E-state index in [1.54, 1.807) is 18.2 Å². The molecule has 1 aromatic heterocycles. The zero-order chi connectivity index (χ0) is 19.6. The molecule has 1 N–H and O–H groups in total. The van der Waals surface area contributed by atoms with Crippen molar-refractivity contribution in [3.8, 4) is 11.5 Å². The molecule has 0 amide bonds. The van der Waals surface area contributed by atoms with Gasteiger partial charge in [-0.25, -0.2) is 8.42 Å². The first kappa shape index (κ1) is 18.1. The van der Waals surface area contributed by atoms with Gasteiger partial charge < -0.3 is 14.4 Å². The van der Waals surface area contributed by atoms with Gasteiger partial charge in [0.1, 0.15) is 0 Å². The number of benzene rings is 2. The van der Waals surface area contributed by atoms with Crippen LogP contribution in [0.25, 0.3) is 0 Å². The average Bonchev–Trinajstić information content (AvgIpc) is 3.17. The van der Waals surface area contributed by atoms with E-state index in [4.69, 9.17) is 9.47 Å². The largest absolute Gasteiger partial charge is 0.454 e. The van der Waals surface area contributed by atoms with E-state index in [1.807, 2.05) is 42.3 Å². The summed E-state index contributed by atoms with van der Waals surface area (Å²) in [6.07, 6.45) is 0. The fourth-order valence-electron chi connectivity index (χ4n) is 2.76. The molecule has 3 aromatic rings. The molecule has 0 unspecified atom stereocenters. The normalized spacial score (nSPS) is 12.6. The molecule has 2 aromatic carbocycles. The Balaban J connectivity index is 1.46. The first-order valence-corrected chi connectivity index (χ1v) is 10.0. The van der Waals surface area contributed by atoms with Crippen LogP contribution in [0.3, 0.4) is 0 Å². The lowest BCUT2D eigenvalue weighted by Crippen LogP contribution is -2.19. The minimum absolute atomic E-state index is 0.0591. The summed E-state index contributed by atoms with van der Waals surface area (Å²) in [5, 5.41) is 8.10. The number of nitrogens with one attached hydrogen (secondary N) is 1. The fraction of sp³-hybridized carbons (Fsp3) is 0.158. The molecule has 8 nitrogen and oxygen atoms in total. The number of anilines is 2. The second-order valence-electron chi connectivity index (χ2n) is 6.24. The van der Waals surface area contributed by atoms with Gasteiger partial charge in [-0.15, -0.1) is 10.2 Å². The van der Waals surface area contributed by atoms with Crippen LogP contribution >= 0.6 is 0 Å². The van der Waals surface area contributed by atoms with Crippen molar-refractivity contribution in [3.05, 3.63) is 66.2 Å². The minimum Gasteiger partial charge on any atom is -0.454 e. The SMILES string of the molecule is CN(Cc1ccccc1)c1ccc(NS(=O)(=O)c2ccc3c(c2)OCO3)nn1. The minimum atomic E-state index is -3.82. The van der Waals surface area contributed by atoms with Gasteiger partial charge >= 0.3 is 0 Å². The Morgan fingerprint density at radius 2 is 1.79 bits per heavy atom. The smallest absolute Gasteiger partial charge is 0.263 e. The predicted molar refractivity (Wildman–Crippen MR) is 104 cm³/mol. The molecule has 0 spiro atoms. The van der Waals surface area contributed by atoms with Gasteiger partial charge in [-0.1, -0.05) is 30.3 Å². The first-order chi connectivity index (χ1) is 13.5. The van der Waals surface area contributed by atoms with Crippen molar-refractivity contribution < 1.29 is 17.9 Å². The van der Waals surface area contributed by atoms with Crippen molar-refractivity contribution in [2.75, 3.05) is 23.5 Å². The summed E-state index contributed by atoms with van der Waals surface area (Å²) in [7, 11) is -1.92. The zero-order valence-electron chi connectivity index (χ0n) is 15.1. The van der Waals surface area contributed by atoms with E-state index in [0.29, 0.717) is 23.9 Å². The van der Waals surface area contributed by atoms with Crippen LogP contribution in [0.4, 0.5) is 11.6 Å². The summed E-state index contributed by atoms with van der Waals surface area (Å²) in [5.41, 5.74) is 1.14. The van der Waals surface area contributed by atoms with E-state index in [9.17, 15) is 8.42 Å². The van der Waals surface area contributed by atoms with Crippen LogP contribution < -0.4 is 19.1 Å². The predicted octanol–water partition coefficient (Wildman–Crippen LogP) is 2.64. The Hall–Kier alpha value is -3.33. The Bertz CT molecular complexity index is 1070. The third-order valence-corrected chi connectivity index (χ3v) is 5.55. The highest BCUT2D eigenvalue weighted by Gasteiger charge is 2.21. The van der Waals surface area contributed by atoms with E-state index >= 15 is 0 Å². The maximum absolute atomic E-state index is 12.6. The Morgan fingerprint density at radius 3 is 2.54 bits per heavy atom. The van der Waals surface area contributed by atoms with Crippen LogP contribution in [0.15, 0.2) is 65.6 Å². The van der Waals surface area contributed by atoms with Crippen molar-refractivity contribution in [3.63, 3.8) is 0 Å². The van der Waals surface area contributed by atoms with E-state index in [-0.39, 0.29) is 17.5 Å². The van der Waals surface area contributed by atoms with Crippen LogP contribution in [-0.4, -0.2) is 32.5 Å². The Labute approximate surface area is 162 Å². The monoisotopic (exact) mass is 398 g/mol. The number of hydrogen-bond donors (Lipinski definition) is 1. The number of aromatic nitrogens is 2. The summed E-state index contributed by atoms with van der Waals surface area (Å²) in [5.74, 6) is 1.68. The van der Waals surface area contributed by atoms with Gasteiger partial charge in [0.25, 0.3) is 10.0 Å². The quantitative estimate of drug-likeness (QED) is 0.682. The second-order valence-corrected chi connectivity index (χ2v) is 7.92. The number of rotatable bonds is 6. The molecular weight excluding hydrogens is 380 g/mol. The molecule has 1 aliphatic rings. The molecule has 0 saturated carbocycles. The molecular formula is C19H18N4O4S. The standard InChI is InChI=1S/C19H18N4O4S/c1-23(12-14-5-3-2-4-6-14)19-10-9-18(20-21-19)22-28(24,25)15-7-8-16-17(11-15)27-13-26-16/h2-11H,12-13H2,1H3,(H,20,22). The lowest BCUT2D eigenvalue weighted by atomic mass is 10.2. The zero-order valence-corrected chi connectivity index (χ0v) is 15.9. The summed E-state index contributed by atoms with van der Waals surface area (Å²) >= 11 is 0. The van der Waals surface area contributed by atoms with Crippen LogP contribution in [0.5, 0.6) is 11.5 Å². The van der Waals surface area contributed by atoms with E-state index in [2.05, 4.69) is 14.9 Å². The third kappa shape index (κ3) is 3.84. The molecule has 0 fully saturated rings. The number of nitrogens with zero attached hydrogens (tertiary/aromatic N) is 3. The number of ether oxygens (including phenoxy) is 2. The van der Waals surface area contributed by atoms with Crippen LogP contribution in [0.2, 0.25) is 0 Å². The average molecular weight is 398 g/mol. The van der Waals surface area contributed by atoms with Crippen molar-refractivity contribution in [2.45, 2.75) is 11.4 Å². The molecule has 28 heavy (non-hydrogen) atoms. The highest BCUT2D eigenvalue weighted by molar-refractivity contribution is 7.92. The molecule has 144 valence electrons. The van der Waals surface area contributed by atoms with Crippen molar-refractivity contribution >= 4 is 21.7 Å². The van der Waals surface area contributed by atoms with Crippen LogP contribution in [-0.2, 0) is 16.6 Å². The van der Waals surface area contributed by atoms with Crippen molar-refractivity contribution in [1.29, 1.82) is 0 Å². The summed E-state index contributed by atoms with van der Waals surface area (Å²) < 4.78 is 38.0. The van der Waals surface area contributed by atoms with Gasteiger partial charge in [-0.3, -0.25) is 4.72 Å². The number of hydrogen-bond acceptors (Lipinski definition) is 7. The molecule has 4 rings (SSSR count). The van der Waals surface area contributed by atoms with Crippen LogP contribution in [0.1, 0.15) is 5.56 Å². The van der Waals surface area contributed by atoms with Gasteiger partial charge in [-0.05, 0) is 29.8 Å². The van der Waals surface area contributed by atoms with Crippen molar-refractivity contribution in [1.82, 2.24) is 10.2 Å². The van der Waals surface area contributed by atoms with Crippen LogP contribution in [0, 0.1) is 0 Å². The first-order valence-electron chi connectivity index (χ1n) is 8.52. The maximum atomic E-state index is 12.6.